The first-order valence-corrected chi connectivity index (χ1v) is 24.0. The van der Waals surface area contributed by atoms with Gasteiger partial charge in [0.25, 0.3) is 5.91 Å². The first kappa shape index (κ1) is 45.8. The predicted molar refractivity (Wildman–Crippen MR) is 246 cm³/mol. The van der Waals surface area contributed by atoms with Crippen LogP contribution in [0.25, 0.3) is 22.2 Å². The molecule has 14 nitrogen and oxygen atoms in total. The molecular formula is C50H59N5O9S. The Bertz CT molecular complexity index is 2560. The van der Waals surface area contributed by atoms with E-state index in [0.29, 0.717) is 54.2 Å². The van der Waals surface area contributed by atoms with Crippen LogP contribution in [-0.4, -0.2) is 97.3 Å². The first-order valence-electron chi connectivity index (χ1n) is 22.5. The lowest BCUT2D eigenvalue weighted by Crippen LogP contribution is -2.60. The number of ether oxygens (including phenoxy) is 3. The van der Waals surface area contributed by atoms with Gasteiger partial charge >= 0.3 is 0 Å². The number of aromatic nitrogens is 1. The third kappa shape index (κ3) is 9.77. The number of benzene rings is 3. The number of nitrogens with zero attached hydrogens (tertiary/aromatic N) is 2. The topological polar surface area (TPSA) is 182 Å². The third-order valence-electron chi connectivity index (χ3n) is 13.4. The van der Waals surface area contributed by atoms with Crippen molar-refractivity contribution in [3.63, 3.8) is 0 Å². The Morgan fingerprint density at radius 2 is 1.68 bits per heavy atom. The highest BCUT2D eigenvalue weighted by molar-refractivity contribution is 7.91. The molecule has 0 unspecified atom stereocenters. The molecule has 3 heterocycles. The number of carbonyl (C=O) groups is 4. The molecule has 65 heavy (non-hydrogen) atoms. The Kier molecular flexibility index (Phi) is 12.8. The molecule has 2 saturated carbocycles. The molecule has 0 spiro atoms. The minimum absolute atomic E-state index is 0.0273. The summed E-state index contributed by atoms with van der Waals surface area (Å²) >= 11 is 0. The second kappa shape index (κ2) is 18.2. The number of hydrogen-bond acceptors (Lipinski definition) is 10. The number of methoxy groups -OCH3 is 1. The Hall–Kier alpha value is -5.80. The van der Waals surface area contributed by atoms with Crippen molar-refractivity contribution in [2.24, 2.45) is 17.3 Å². The van der Waals surface area contributed by atoms with E-state index in [4.69, 9.17) is 19.2 Å². The number of hydrogen-bond donors (Lipinski definition) is 3. The van der Waals surface area contributed by atoms with E-state index < -0.39 is 67.6 Å². The van der Waals surface area contributed by atoms with Gasteiger partial charge in [-0.05, 0) is 67.6 Å². The van der Waals surface area contributed by atoms with Gasteiger partial charge in [0.15, 0.2) is 0 Å². The van der Waals surface area contributed by atoms with Crippen molar-refractivity contribution >= 4 is 44.6 Å². The molecule has 2 aliphatic carbocycles. The van der Waals surface area contributed by atoms with E-state index >= 15 is 4.79 Å². The molecule has 3 aromatic carbocycles. The molecule has 5 atom stereocenters. The van der Waals surface area contributed by atoms with E-state index in [1.165, 1.54) is 11.0 Å². The second-order valence-electron chi connectivity index (χ2n) is 19.2. The number of likely N-dealkylation sites (tertiary alicyclic amines) is 1. The average Bonchev–Trinajstić information content (AvgIpc) is 4.20. The minimum atomic E-state index is -4.17. The molecule has 1 aromatic heterocycles. The molecule has 8 rings (SSSR count). The van der Waals surface area contributed by atoms with Gasteiger partial charge in [-0.15, -0.1) is 6.58 Å². The van der Waals surface area contributed by atoms with Crippen LogP contribution in [0.4, 0.5) is 0 Å². The summed E-state index contributed by atoms with van der Waals surface area (Å²) in [6.07, 6.45) is 3.71. The fraction of sp³-hybridized carbons (Fsp3) is 0.460. The molecule has 4 fully saturated rings. The normalized spacial score (nSPS) is 23.2. The molecule has 15 heteroatoms. The van der Waals surface area contributed by atoms with E-state index in [2.05, 4.69) is 21.9 Å². The van der Waals surface area contributed by atoms with E-state index in [9.17, 15) is 22.8 Å². The Labute approximate surface area is 380 Å². The summed E-state index contributed by atoms with van der Waals surface area (Å²) in [6, 6.07) is 24.0. The maximum Gasteiger partial charge on any atom is 0.259 e. The number of rotatable bonds is 16. The van der Waals surface area contributed by atoms with Crippen LogP contribution >= 0.6 is 0 Å². The predicted octanol–water partition coefficient (Wildman–Crippen LogP) is 5.89. The average molecular weight is 906 g/mol. The summed E-state index contributed by atoms with van der Waals surface area (Å²) in [5.41, 5.74) is 0.565. The minimum Gasteiger partial charge on any atom is -0.497 e. The third-order valence-corrected chi connectivity index (χ3v) is 15.6. The van der Waals surface area contributed by atoms with Gasteiger partial charge in [0, 0.05) is 55.1 Å². The van der Waals surface area contributed by atoms with Crippen molar-refractivity contribution in [2.45, 2.75) is 101 Å². The van der Waals surface area contributed by atoms with Crippen LogP contribution in [-0.2, 0) is 40.4 Å². The first-order chi connectivity index (χ1) is 31.0. The zero-order valence-corrected chi connectivity index (χ0v) is 38.3. The standard InChI is InChI=1S/C50H59N5O9S/c1-6-35-30-50(35,47(59)54-65(60,61)49(21-22-49)29-33-13-9-7-10-14-33)53-45(57)41-27-37(31-55(41)46(58)44(48(2,3)4)52-43(56)25-32-19-23-63-24-20-32)64-42-28-39(34-15-11-8-12-16-34)51-40-26-36(62-5)17-18-38(40)42/h6-18,26,28,32,35,37,41,44H,1,19-25,27,29-31H2,2-5H3,(H,52,56)(H,53,57)(H,54,59)/t35-,37-,41+,44-,50-/m1/s1. The maximum absolute atomic E-state index is 15.0. The summed E-state index contributed by atoms with van der Waals surface area (Å²) in [5, 5.41) is 6.61. The monoisotopic (exact) mass is 905 g/mol. The highest BCUT2D eigenvalue weighted by Gasteiger charge is 2.63. The summed E-state index contributed by atoms with van der Waals surface area (Å²) in [5.74, 6) is -1.61. The van der Waals surface area contributed by atoms with Crippen LogP contribution in [0.2, 0.25) is 0 Å². The van der Waals surface area contributed by atoms with Gasteiger partial charge in [-0.1, -0.05) is 87.5 Å². The lowest BCUT2D eigenvalue weighted by Gasteiger charge is -2.36. The summed E-state index contributed by atoms with van der Waals surface area (Å²) < 4.78 is 46.9. The van der Waals surface area contributed by atoms with Crippen LogP contribution in [0.15, 0.2) is 97.6 Å². The number of fused-ring (bicyclic) bond motifs is 1. The number of amides is 4. The number of pyridine rings is 1. The van der Waals surface area contributed by atoms with Crippen LogP contribution in [0.5, 0.6) is 11.5 Å². The molecule has 4 amide bonds. The highest BCUT2D eigenvalue weighted by atomic mass is 32.2. The molecule has 4 aliphatic rings. The Morgan fingerprint density at radius 3 is 2.31 bits per heavy atom. The summed E-state index contributed by atoms with van der Waals surface area (Å²) in [7, 11) is -2.59. The molecule has 0 bridgehead atoms. The lowest BCUT2D eigenvalue weighted by molar-refractivity contribution is -0.144. The fourth-order valence-corrected chi connectivity index (χ4v) is 10.9. The Morgan fingerprint density at radius 1 is 0.985 bits per heavy atom. The smallest absolute Gasteiger partial charge is 0.259 e. The van der Waals surface area contributed by atoms with Crippen molar-refractivity contribution < 1.29 is 41.8 Å². The number of nitrogens with one attached hydrogen (secondary N) is 3. The van der Waals surface area contributed by atoms with Gasteiger partial charge in [0.05, 0.1) is 29.6 Å². The van der Waals surface area contributed by atoms with Crippen LogP contribution in [0.1, 0.15) is 71.3 Å². The van der Waals surface area contributed by atoms with Crippen molar-refractivity contribution in [1.82, 2.24) is 25.2 Å². The number of sulfonamides is 1. The van der Waals surface area contributed by atoms with Gasteiger partial charge in [-0.2, -0.15) is 0 Å². The van der Waals surface area contributed by atoms with Crippen molar-refractivity contribution in [3.05, 3.63) is 103 Å². The van der Waals surface area contributed by atoms with Gasteiger partial charge < -0.3 is 29.7 Å². The van der Waals surface area contributed by atoms with Gasteiger partial charge in [-0.25, -0.2) is 13.4 Å². The molecular weight excluding hydrogens is 847 g/mol. The molecule has 4 aromatic rings. The zero-order valence-electron chi connectivity index (χ0n) is 37.5. The fourth-order valence-electron chi connectivity index (χ4n) is 9.27. The maximum atomic E-state index is 15.0. The van der Waals surface area contributed by atoms with Crippen LogP contribution < -0.4 is 24.8 Å². The molecule has 2 aliphatic heterocycles. The largest absolute Gasteiger partial charge is 0.497 e. The molecule has 344 valence electrons. The molecule has 3 N–H and O–H groups in total. The zero-order chi connectivity index (χ0) is 46.1. The van der Waals surface area contributed by atoms with E-state index in [-0.39, 0.29) is 44.1 Å². The van der Waals surface area contributed by atoms with Gasteiger partial charge in [-0.3, -0.25) is 23.9 Å². The van der Waals surface area contributed by atoms with E-state index in [1.807, 2.05) is 99.6 Å². The Balaban J connectivity index is 1.09. The van der Waals surface area contributed by atoms with Crippen LogP contribution in [0, 0.1) is 17.3 Å². The molecule has 0 radical (unpaired) electrons. The van der Waals surface area contributed by atoms with Crippen LogP contribution in [0.3, 0.4) is 0 Å². The van der Waals surface area contributed by atoms with Gasteiger partial charge in [0.2, 0.25) is 27.7 Å². The quantitative estimate of drug-likeness (QED) is 0.115. The highest BCUT2D eigenvalue weighted by Crippen LogP contribution is 2.49. The van der Waals surface area contributed by atoms with E-state index in [0.717, 1.165) is 24.0 Å². The van der Waals surface area contributed by atoms with E-state index in [1.54, 1.807) is 13.2 Å². The summed E-state index contributed by atoms with van der Waals surface area (Å²) in [6.45, 7) is 10.6. The SMILES string of the molecule is C=C[C@@H]1C[C@]1(NC(=O)[C@@H]1C[C@@H](Oc2cc(-c3ccccc3)nc3cc(OC)ccc23)CN1C(=O)[C@@H](NC(=O)CC1CCOCC1)C(C)(C)C)C(=O)NS(=O)(=O)C1(Cc2ccccc2)CC1. The van der Waals surface area contributed by atoms with Gasteiger partial charge in [0.1, 0.15) is 35.2 Å². The van der Waals surface area contributed by atoms with Crippen molar-refractivity contribution in [3.8, 4) is 22.8 Å². The second-order valence-corrected chi connectivity index (χ2v) is 21.2. The van der Waals surface area contributed by atoms with Crippen molar-refractivity contribution in [1.29, 1.82) is 0 Å². The molecule has 2 saturated heterocycles. The lowest BCUT2D eigenvalue weighted by atomic mass is 9.85. The summed E-state index contributed by atoms with van der Waals surface area (Å²) in [4.78, 5) is 64.0. The van der Waals surface area contributed by atoms with Crippen molar-refractivity contribution in [2.75, 3.05) is 26.9 Å². The number of carbonyl (C=O) groups excluding carboxylic acids is 4.